The van der Waals surface area contributed by atoms with Crippen LogP contribution in [0.5, 0.6) is 0 Å². The molecule has 0 spiro atoms. The Morgan fingerprint density at radius 3 is 2.28 bits per heavy atom. The van der Waals surface area contributed by atoms with Crippen LogP contribution < -0.4 is 16.0 Å². The van der Waals surface area contributed by atoms with E-state index in [2.05, 4.69) is 20.9 Å². The number of esters is 1. The lowest BCUT2D eigenvalue weighted by molar-refractivity contribution is -0.151. The lowest BCUT2D eigenvalue weighted by Crippen LogP contribution is -2.59. The predicted molar refractivity (Wildman–Crippen MR) is 201 cm³/mol. The number of benzene rings is 3. The number of amides is 4. The zero-order valence-electron chi connectivity index (χ0n) is 31.5. The van der Waals surface area contributed by atoms with Gasteiger partial charge in [0.2, 0.25) is 11.8 Å². The Morgan fingerprint density at radius 2 is 1.61 bits per heavy atom. The highest BCUT2D eigenvalue weighted by atomic mass is 16.6. The number of hydrogen-bond acceptors (Lipinski definition) is 9. The minimum atomic E-state index is -1.44. The SMILES string of the molecule is COC(=O)C1CCCN1C(=O)C(c1ccccc1)n1cnc2cc(NC(=O)C(COCc3ccccc3)NC(=O)C(C)(C)NC(=O)OC(C)(C)C)ccc21. The Balaban J connectivity index is 1.37. The maximum Gasteiger partial charge on any atom is 0.408 e. The topological polar surface area (TPSA) is 170 Å². The van der Waals surface area contributed by atoms with Crippen molar-refractivity contribution in [2.75, 3.05) is 25.6 Å². The summed E-state index contributed by atoms with van der Waals surface area (Å²) < 4.78 is 17.9. The number of aromatic nitrogens is 2. The highest BCUT2D eigenvalue weighted by Crippen LogP contribution is 2.30. The minimum absolute atomic E-state index is 0.171. The summed E-state index contributed by atoms with van der Waals surface area (Å²) in [6.45, 7) is 8.59. The second-order valence-electron chi connectivity index (χ2n) is 14.6. The van der Waals surface area contributed by atoms with E-state index in [0.29, 0.717) is 41.7 Å². The van der Waals surface area contributed by atoms with E-state index in [1.165, 1.54) is 21.0 Å². The smallest absolute Gasteiger partial charge is 0.408 e. The molecule has 0 saturated carbocycles. The number of likely N-dealkylation sites (tertiary alicyclic amines) is 1. The fourth-order valence-corrected chi connectivity index (χ4v) is 6.18. The summed E-state index contributed by atoms with van der Waals surface area (Å²) in [6, 6.07) is 21.1. The van der Waals surface area contributed by atoms with Crippen LogP contribution in [0, 0.1) is 0 Å². The van der Waals surface area contributed by atoms with Gasteiger partial charge in [0.15, 0.2) is 0 Å². The molecule has 1 aliphatic heterocycles. The van der Waals surface area contributed by atoms with E-state index in [4.69, 9.17) is 14.2 Å². The van der Waals surface area contributed by atoms with Crippen molar-refractivity contribution < 1.29 is 38.2 Å². The summed E-state index contributed by atoms with van der Waals surface area (Å²) in [4.78, 5) is 72.6. The minimum Gasteiger partial charge on any atom is -0.467 e. The number of anilines is 1. The molecule has 1 saturated heterocycles. The van der Waals surface area contributed by atoms with Gasteiger partial charge in [0.1, 0.15) is 29.3 Å². The largest absolute Gasteiger partial charge is 0.467 e. The number of carbonyl (C=O) groups is 5. The molecule has 14 heteroatoms. The summed E-state index contributed by atoms with van der Waals surface area (Å²) in [5, 5.41) is 8.13. The van der Waals surface area contributed by atoms with Gasteiger partial charge in [-0.05, 0) is 76.8 Å². The number of methoxy groups -OCH3 is 1. The van der Waals surface area contributed by atoms with Crippen molar-refractivity contribution in [3.05, 3.63) is 96.3 Å². The van der Waals surface area contributed by atoms with E-state index in [1.807, 2.05) is 60.7 Å². The summed E-state index contributed by atoms with van der Waals surface area (Å²) in [6.07, 6.45) is 1.98. The van der Waals surface area contributed by atoms with Gasteiger partial charge < -0.3 is 39.6 Å². The van der Waals surface area contributed by atoms with Crippen molar-refractivity contribution in [1.82, 2.24) is 25.1 Å². The number of fused-ring (bicyclic) bond motifs is 1. The zero-order chi connectivity index (χ0) is 39.0. The first-order valence-electron chi connectivity index (χ1n) is 17.8. The second kappa shape index (κ2) is 16.9. The van der Waals surface area contributed by atoms with Crippen LogP contribution in [0.1, 0.15) is 64.6 Å². The fraction of sp³-hybridized carbons (Fsp3) is 0.400. The van der Waals surface area contributed by atoms with Crippen molar-refractivity contribution in [2.24, 2.45) is 0 Å². The summed E-state index contributed by atoms with van der Waals surface area (Å²) in [7, 11) is 1.32. The van der Waals surface area contributed by atoms with Crippen LogP contribution in [0.25, 0.3) is 11.0 Å². The first-order chi connectivity index (χ1) is 25.7. The van der Waals surface area contributed by atoms with Gasteiger partial charge >= 0.3 is 12.1 Å². The molecule has 3 aromatic carbocycles. The normalized spacial score (nSPS) is 15.6. The number of rotatable bonds is 13. The summed E-state index contributed by atoms with van der Waals surface area (Å²) in [5.74, 6) is -1.91. The monoisotopic (exact) mass is 740 g/mol. The molecular formula is C40H48N6O8. The van der Waals surface area contributed by atoms with Crippen molar-refractivity contribution in [2.45, 2.75) is 83.3 Å². The third kappa shape index (κ3) is 9.81. The molecule has 3 atom stereocenters. The van der Waals surface area contributed by atoms with E-state index in [0.717, 1.165) is 5.56 Å². The van der Waals surface area contributed by atoms with Crippen LogP contribution in [-0.2, 0) is 40.0 Å². The van der Waals surface area contributed by atoms with E-state index in [-0.39, 0.29) is 19.1 Å². The molecular weight excluding hydrogens is 692 g/mol. The van der Waals surface area contributed by atoms with Gasteiger partial charge in [-0.1, -0.05) is 60.7 Å². The summed E-state index contributed by atoms with van der Waals surface area (Å²) in [5.41, 5.74) is 0.887. The van der Waals surface area contributed by atoms with Crippen LogP contribution in [0.2, 0.25) is 0 Å². The molecule has 0 bridgehead atoms. The summed E-state index contributed by atoms with van der Waals surface area (Å²) >= 11 is 0. The molecule has 1 aliphatic rings. The number of ether oxygens (including phenoxy) is 3. The van der Waals surface area contributed by atoms with Crippen molar-refractivity contribution in [3.8, 4) is 0 Å². The average molecular weight is 741 g/mol. The molecule has 0 aliphatic carbocycles. The van der Waals surface area contributed by atoms with Gasteiger partial charge in [0, 0.05) is 12.2 Å². The maximum atomic E-state index is 14.2. The van der Waals surface area contributed by atoms with Gasteiger partial charge in [-0.3, -0.25) is 14.4 Å². The Labute approximate surface area is 314 Å². The number of nitrogens with one attached hydrogen (secondary N) is 3. The molecule has 1 aromatic heterocycles. The quantitative estimate of drug-likeness (QED) is 0.164. The number of carbonyl (C=O) groups excluding carboxylic acids is 5. The number of nitrogens with zero attached hydrogens (tertiary/aromatic N) is 3. The predicted octanol–water partition coefficient (Wildman–Crippen LogP) is 4.73. The molecule has 54 heavy (non-hydrogen) atoms. The molecule has 5 rings (SSSR count). The van der Waals surface area contributed by atoms with E-state index < -0.39 is 53.1 Å². The zero-order valence-corrected chi connectivity index (χ0v) is 31.5. The van der Waals surface area contributed by atoms with E-state index in [1.54, 1.807) is 54.8 Å². The standard InChI is InChI=1S/C40H48N6O8/c1-39(2,3)54-38(51)44-40(4,5)37(50)43-30(24-53-23-26-14-9-7-10-15-26)34(47)42-28-19-20-31-29(22-28)41-25-46(31)33(27-16-11-8-12-17-27)35(48)45-21-13-18-32(45)36(49)52-6/h7-12,14-17,19-20,22,25,30,32-33H,13,18,21,23-24H2,1-6H3,(H,42,47)(H,43,50)(H,44,51). The highest BCUT2D eigenvalue weighted by Gasteiger charge is 2.39. The van der Waals surface area contributed by atoms with Gasteiger partial charge in [-0.2, -0.15) is 0 Å². The van der Waals surface area contributed by atoms with Crippen LogP contribution in [0.3, 0.4) is 0 Å². The van der Waals surface area contributed by atoms with Gasteiger partial charge in [-0.15, -0.1) is 0 Å². The lowest BCUT2D eigenvalue weighted by atomic mass is 10.0. The van der Waals surface area contributed by atoms with Gasteiger partial charge in [0.25, 0.3) is 5.91 Å². The molecule has 14 nitrogen and oxygen atoms in total. The average Bonchev–Trinajstić information content (AvgIpc) is 3.78. The highest BCUT2D eigenvalue weighted by molar-refractivity contribution is 6.00. The Bertz CT molecular complexity index is 1960. The van der Waals surface area contributed by atoms with E-state index in [9.17, 15) is 24.0 Å². The van der Waals surface area contributed by atoms with Crippen molar-refractivity contribution in [1.29, 1.82) is 0 Å². The molecule has 3 N–H and O–H groups in total. The number of hydrogen-bond donors (Lipinski definition) is 3. The molecule has 2 heterocycles. The molecule has 286 valence electrons. The third-order valence-electron chi connectivity index (χ3n) is 8.88. The molecule has 1 fully saturated rings. The molecule has 4 aromatic rings. The lowest BCUT2D eigenvalue weighted by Gasteiger charge is -2.29. The van der Waals surface area contributed by atoms with Crippen molar-refractivity contribution >= 4 is 46.5 Å². The Kier molecular flexibility index (Phi) is 12.4. The van der Waals surface area contributed by atoms with Gasteiger partial charge in [0.05, 0.1) is 37.7 Å². The molecule has 0 radical (unpaired) electrons. The van der Waals surface area contributed by atoms with E-state index >= 15 is 0 Å². The number of alkyl carbamates (subject to hydrolysis) is 1. The van der Waals surface area contributed by atoms with Crippen LogP contribution >= 0.6 is 0 Å². The Morgan fingerprint density at radius 1 is 0.926 bits per heavy atom. The second-order valence-corrected chi connectivity index (χ2v) is 14.6. The first kappa shape index (κ1) is 39.4. The van der Waals surface area contributed by atoms with Crippen LogP contribution in [0.15, 0.2) is 85.2 Å². The number of imidazole rings is 1. The molecule has 3 unspecified atom stereocenters. The van der Waals surface area contributed by atoms with Crippen LogP contribution in [-0.4, -0.2) is 87.7 Å². The fourth-order valence-electron chi connectivity index (χ4n) is 6.18. The maximum absolute atomic E-state index is 14.2. The third-order valence-corrected chi connectivity index (χ3v) is 8.88. The molecule has 4 amide bonds. The first-order valence-corrected chi connectivity index (χ1v) is 17.8. The van der Waals surface area contributed by atoms with Gasteiger partial charge in [-0.25, -0.2) is 14.6 Å². The van der Waals surface area contributed by atoms with Crippen LogP contribution in [0.4, 0.5) is 10.5 Å². The Hall–Kier alpha value is -5.76. The van der Waals surface area contributed by atoms with Crippen molar-refractivity contribution in [3.63, 3.8) is 0 Å².